The number of aromatic nitrogens is 2. The molecule has 0 atom stereocenters. The van der Waals surface area contributed by atoms with E-state index in [0.29, 0.717) is 11.4 Å². The topological polar surface area (TPSA) is 85.5 Å². The molecule has 0 N–H and O–H groups in total. The van der Waals surface area contributed by atoms with Crippen molar-refractivity contribution in [3.63, 3.8) is 0 Å². The largest absolute Gasteiger partial charge is 0.443 e. The molecule has 0 aliphatic carbocycles. The molecule has 2 aromatic rings. The van der Waals surface area contributed by atoms with Crippen molar-refractivity contribution in [3.05, 3.63) is 41.7 Å². The molecule has 7 heteroatoms. The Kier molecular flexibility index (Phi) is 5.02. The average molecular weight is 331 g/mol. The number of benzene rings is 1. The maximum atomic E-state index is 12.9. The van der Waals surface area contributed by atoms with Gasteiger partial charge in [0.05, 0.1) is 5.69 Å². The number of carbonyl (C=O) groups is 2. The van der Waals surface area contributed by atoms with E-state index in [-0.39, 0.29) is 11.6 Å². The molecule has 7 nitrogen and oxygen atoms in total. The molecule has 0 saturated carbocycles. The van der Waals surface area contributed by atoms with Crippen molar-refractivity contribution >= 4 is 17.7 Å². The number of rotatable bonds is 3. The van der Waals surface area contributed by atoms with Gasteiger partial charge < -0.3 is 4.74 Å². The Morgan fingerprint density at radius 3 is 2.29 bits per heavy atom. The molecule has 1 heterocycles. The first-order valence-corrected chi connectivity index (χ1v) is 7.65. The molecule has 0 radical (unpaired) electrons. The summed E-state index contributed by atoms with van der Waals surface area (Å²) in [5, 5.41) is 7.44. The van der Waals surface area contributed by atoms with E-state index in [1.807, 2.05) is 13.8 Å². The lowest BCUT2D eigenvalue weighted by Gasteiger charge is -2.25. The second-order valence-electron chi connectivity index (χ2n) is 6.61. The van der Waals surface area contributed by atoms with Crippen molar-refractivity contribution in [2.75, 3.05) is 4.90 Å². The monoisotopic (exact) mass is 331 g/mol. The van der Waals surface area contributed by atoms with Crippen LogP contribution in [0.5, 0.6) is 0 Å². The van der Waals surface area contributed by atoms with Crippen LogP contribution in [0.2, 0.25) is 0 Å². The molecule has 0 fully saturated rings. The van der Waals surface area contributed by atoms with Gasteiger partial charge in [0.1, 0.15) is 11.3 Å². The molecule has 2 amide bonds. The molecule has 0 spiro atoms. The van der Waals surface area contributed by atoms with Crippen LogP contribution in [0.1, 0.15) is 56.7 Å². The predicted octanol–water partition coefficient (Wildman–Crippen LogP) is 3.77. The summed E-state index contributed by atoms with van der Waals surface area (Å²) < 4.78 is 10.1. The fourth-order valence-corrected chi connectivity index (χ4v) is 2.02. The first-order valence-electron chi connectivity index (χ1n) is 7.65. The van der Waals surface area contributed by atoms with Gasteiger partial charge >= 0.3 is 6.09 Å². The van der Waals surface area contributed by atoms with Gasteiger partial charge in [0.2, 0.25) is 0 Å². The van der Waals surface area contributed by atoms with E-state index in [0.717, 1.165) is 4.90 Å². The van der Waals surface area contributed by atoms with Crippen molar-refractivity contribution in [2.24, 2.45) is 0 Å². The van der Waals surface area contributed by atoms with Gasteiger partial charge in [-0.25, -0.2) is 14.3 Å². The van der Waals surface area contributed by atoms with Gasteiger partial charge in [-0.05, 0) is 38.1 Å². The van der Waals surface area contributed by atoms with Crippen molar-refractivity contribution in [1.82, 2.24) is 10.3 Å². The minimum Gasteiger partial charge on any atom is -0.443 e. The fourth-order valence-electron chi connectivity index (χ4n) is 2.02. The van der Waals surface area contributed by atoms with Crippen LogP contribution in [-0.2, 0) is 4.74 Å². The number of amides is 2. The number of imide groups is 1. The van der Waals surface area contributed by atoms with Gasteiger partial charge in [-0.15, -0.1) is 0 Å². The molecule has 0 aliphatic rings. The van der Waals surface area contributed by atoms with Gasteiger partial charge in [-0.2, -0.15) is 0 Å². The van der Waals surface area contributed by atoms with Gasteiger partial charge in [0, 0.05) is 5.92 Å². The SMILES string of the molecule is CC(C)c1nonc1C(=O)N(C(=O)OC(C)(C)C)c1ccccc1. The Morgan fingerprint density at radius 2 is 1.75 bits per heavy atom. The van der Waals surface area contributed by atoms with Gasteiger partial charge in [-0.3, -0.25) is 4.79 Å². The second kappa shape index (κ2) is 6.82. The van der Waals surface area contributed by atoms with Crippen LogP contribution >= 0.6 is 0 Å². The minimum absolute atomic E-state index is 0.000266. The number of ether oxygens (including phenoxy) is 1. The van der Waals surface area contributed by atoms with Gasteiger partial charge in [-0.1, -0.05) is 37.2 Å². The normalized spacial score (nSPS) is 11.4. The van der Waals surface area contributed by atoms with Crippen LogP contribution in [0.25, 0.3) is 0 Å². The summed E-state index contributed by atoms with van der Waals surface area (Å²) in [6, 6.07) is 8.53. The van der Waals surface area contributed by atoms with Crippen LogP contribution in [0.4, 0.5) is 10.5 Å². The van der Waals surface area contributed by atoms with Crippen molar-refractivity contribution in [3.8, 4) is 0 Å². The molecule has 1 aromatic carbocycles. The quantitative estimate of drug-likeness (QED) is 0.851. The molecule has 2 rings (SSSR count). The Bertz CT molecular complexity index is 717. The predicted molar refractivity (Wildman–Crippen MR) is 87.9 cm³/mol. The van der Waals surface area contributed by atoms with Gasteiger partial charge in [0.25, 0.3) is 5.91 Å². The van der Waals surface area contributed by atoms with Crippen LogP contribution in [0.3, 0.4) is 0 Å². The van der Waals surface area contributed by atoms with E-state index in [2.05, 4.69) is 10.3 Å². The third-order valence-corrected chi connectivity index (χ3v) is 3.06. The standard InChI is InChI=1S/C17H21N3O4/c1-11(2)13-14(19-24-18-13)15(21)20(12-9-7-6-8-10-12)16(22)23-17(3,4)5/h6-11H,1-5H3. The lowest BCUT2D eigenvalue weighted by molar-refractivity contribution is 0.0563. The molecule has 0 saturated heterocycles. The van der Waals surface area contributed by atoms with Gasteiger partial charge in [0.15, 0.2) is 5.69 Å². The van der Waals surface area contributed by atoms with E-state index < -0.39 is 17.6 Å². The number of carbonyl (C=O) groups excluding carboxylic acids is 2. The second-order valence-corrected chi connectivity index (χ2v) is 6.61. The summed E-state index contributed by atoms with van der Waals surface area (Å²) in [6.07, 6.45) is -0.781. The van der Waals surface area contributed by atoms with E-state index >= 15 is 0 Å². The Balaban J connectivity index is 2.44. The summed E-state index contributed by atoms with van der Waals surface area (Å²) in [5.41, 5.74) is 0.0338. The summed E-state index contributed by atoms with van der Waals surface area (Å²) in [5.74, 6) is -0.716. The number of hydrogen-bond acceptors (Lipinski definition) is 6. The summed E-state index contributed by atoms with van der Waals surface area (Å²) in [7, 11) is 0. The van der Waals surface area contributed by atoms with Crippen molar-refractivity contribution < 1.29 is 19.0 Å². The van der Waals surface area contributed by atoms with Crippen LogP contribution in [-0.4, -0.2) is 27.9 Å². The van der Waals surface area contributed by atoms with Crippen LogP contribution < -0.4 is 4.90 Å². The highest BCUT2D eigenvalue weighted by Gasteiger charge is 2.33. The van der Waals surface area contributed by atoms with E-state index in [1.54, 1.807) is 51.1 Å². The molecule has 0 bridgehead atoms. The molecule has 0 aliphatic heterocycles. The third kappa shape index (κ3) is 3.98. The van der Waals surface area contributed by atoms with Crippen molar-refractivity contribution in [2.45, 2.75) is 46.1 Å². The Morgan fingerprint density at radius 1 is 1.12 bits per heavy atom. The van der Waals surface area contributed by atoms with Crippen LogP contribution in [0, 0.1) is 0 Å². The minimum atomic E-state index is -0.781. The number of anilines is 1. The lowest BCUT2D eigenvalue weighted by Crippen LogP contribution is -2.41. The summed E-state index contributed by atoms with van der Waals surface area (Å²) in [4.78, 5) is 26.4. The number of para-hydroxylation sites is 1. The summed E-state index contributed by atoms with van der Waals surface area (Å²) >= 11 is 0. The molecular weight excluding hydrogens is 310 g/mol. The highest BCUT2D eigenvalue weighted by molar-refractivity contribution is 6.18. The average Bonchev–Trinajstić information content (AvgIpc) is 2.96. The fraction of sp³-hybridized carbons (Fsp3) is 0.412. The van der Waals surface area contributed by atoms with E-state index in [1.165, 1.54) is 0 Å². The lowest BCUT2D eigenvalue weighted by atomic mass is 10.1. The molecule has 0 unspecified atom stereocenters. The number of hydrogen-bond donors (Lipinski definition) is 0. The zero-order chi connectivity index (χ0) is 17.9. The first-order chi connectivity index (χ1) is 11.2. The number of nitrogens with zero attached hydrogens (tertiary/aromatic N) is 3. The maximum absolute atomic E-state index is 12.9. The maximum Gasteiger partial charge on any atom is 0.422 e. The Labute approximate surface area is 140 Å². The van der Waals surface area contributed by atoms with E-state index in [4.69, 9.17) is 9.37 Å². The molecule has 24 heavy (non-hydrogen) atoms. The molecular formula is C17H21N3O4. The Hall–Kier alpha value is -2.70. The third-order valence-electron chi connectivity index (χ3n) is 3.06. The van der Waals surface area contributed by atoms with Crippen molar-refractivity contribution in [1.29, 1.82) is 0 Å². The summed E-state index contributed by atoms with van der Waals surface area (Å²) in [6.45, 7) is 8.91. The zero-order valence-corrected chi connectivity index (χ0v) is 14.4. The smallest absolute Gasteiger partial charge is 0.422 e. The van der Waals surface area contributed by atoms with Crippen LogP contribution in [0.15, 0.2) is 35.0 Å². The zero-order valence-electron chi connectivity index (χ0n) is 14.4. The first kappa shape index (κ1) is 17.7. The molecule has 128 valence electrons. The molecule has 1 aromatic heterocycles. The highest BCUT2D eigenvalue weighted by Crippen LogP contribution is 2.23. The van der Waals surface area contributed by atoms with E-state index in [9.17, 15) is 9.59 Å². The highest BCUT2D eigenvalue weighted by atomic mass is 16.6.